The molecular weight excluding hydrogens is 188 g/mol. The number of nitrogens with two attached hydrogens (primary N) is 1. The number of sulfone groups is 1. The third kappa shape index (κ3) is 3.25. The van der Waals surface area contributed by atoms with Crippen LogP contribution in [0.25, 0.3) is 0 Å². The quantitative estimate of drug-likeness (QED) is 0.595. The molecule has 1 unspecified atom stereocenters. The maximum Gasteiger partial charge on any atom is 0.154 e. The molecule has 0 saturated carbocycles. The highest BCUT2D eigenvalue weighted by Crippen LogP contribution is 2.18. The SMILES string of the molecule is NCCCNCC1CCCS1(=O)=O. The van der Waals surface area contributed by atoms with Crippen LogP contribution in [0.5, 0.6) is 0 Å². The van der Waals surface area contributed by atoms with E-state index < -0.39 is 9.84 Å². The summed E-state index contributed by atoms with van der Waals surface area (Å²) < 4.78 is 22.7. The van der Waals surface area contributed by atoms with Crippen LogP contribution in [0, 0.1) is 0 Å². The molecule has 0 aromatic heterocycles. The normalized spacial score (nSPS) is 26.4. The van der Waals surface area contributed by atoms with Crippen LogP contribution in [0.4, 0.5) is 0 Å². The van der Waals surface area contributed by atoms with Crippen molar-refractivity contribution < 1.29 is 8.42 Å². The van der Waals surface area contributed by atoms with Crippen LogP contribution in [0.1, 0.15) is 19.3 Å². The Morgan fingerprint density at radius 2 is 2.23 bits per heavy atom. The average Bonchev–Trinajstić information content (AvgIpc) is 2.40. The zero-order chi connectivity index (χ0) is 9.73. The second kappa shape index (κ2) is 4.93. The molecule has 0 spiro atoms. The summed E-state index contributed by atoms with van der Waals surface area (Å²) in [6.45, 7) is 2.08. The first-order valence-electron chi connectivity index (χ1n) is 4.79. The van der Waals surface area contributed by atoms with E-state index in [-0.39, 0.29) is 5.25 Å². The van der Waals surface area contributed by atoms with E-state index in [1.54, 1.807) is 0 Å². The van der Waals surface area contributed by atoms with Gasteiger partial charge in [0.05, 0.1) is 11.0 Å². The lowest BCUT2D eigenvalue weighted by atomic mass is 10.2. The molecule has 78 valence electrons. The van der Waals surface area contributed by atoms with Gasteiger partial charge in [0.2, 0.25) is 0 Å². The summed E-state index contributed by atoms with van der Waals surface area (Å²) in [5.74, 6) is 0.371. The summed E-state index contributed by atoms with van der Waals surface area (Å²) in [6, 6.07) is 0. The van der Waals surface area contributed by atoms with Gasteiger partial charge in [-0.2, -0.15) is 0 Å². The van der Waals surface area contributed by atoms with Crippen LogP contribution >= 0.6 is 0 Å². The summed E-state index contributed by atoms with van der Waals surface area (Å²) in [4.78, 5) is 0. The Kier molecular flexibility index (Phi) is 4.15. The van der Waals surface area contributed by atoms with Gasteiger partial charge in [-0.15, -0.1) is 0 Å². The van der Waals surface area contributed by atoms with Crippen molar-refractivity contribution in [3.8, 4) is 0 Å². The summed E-state index contributed by atoms with van der Waals surface area (Å²) >= 11 is 0. The molecule has 0 aromatic carbocycles. The highest BCUT2D eigenvalue weighted by Gasteiger charge is 2.30. The second-order valence-electron chi connectivity index (χ2n) is 3.48. The van der Waals surface area contributed by atoms with Gasteiger partial charge in [-0.1, -0.05) is 0 Å². The summed E-state index contributed by atoms with van der Waals surface area (Å²) in [5, 5.41) is 2.98. The average molecular weight is 206 g/mol. The molecule has 3 N–H and O–H groups in total. The third-order valence-corrected chi connectivity index (χ3v) is 4.67. The topological polar surface area (TPSA) is 72.2 Å². The zero-order valence-corrected chi connectivity index (χ0v) is 8.65. The molecule has 0 bridgehead atoms. The van der Waals surface area contributed by atoms with Gasteiger partial charge in [0.25, 0.3) is 0 Å². The van der Waals surface area contributed by atoms with E-state index in [2.05, 4.69) is 5.32 Å². The molecule has 1 atom stereocenters. The van der Waals surface area contributed by atoms with E-state index in [1.165, 1.54) is 0 Å². The Balaban J connectivity index is 2.22. The molecule has 0 aliphatic carbocycles. The largest absolute Gasteiger partial charge is 0.330 e. The van der Waals surface area contributed by atoms with Gasteiger partial charge in [0.1, 0.15) is 0 Å². The fraction of sp³-hybridized carbons (Fsp3) is 1.00. The first kappa shape index (κ1) is 10.9. The van der Waals surface area contributed by atoms with E-state index in [0.717, 1.165) is 25.8 Å². The first-order chi connectivity index (χ1) is 6.17. The maximum atomic E-state index is 11.4. The molecule has 1 rings (SSSR count). The minimum absolute atomic E-state index is 0.148. The van der Waals surface area contributed by atoms with E-state index in [0.29, 0.717) is 18.8 Å². The van der Waals surface area contributed by atoms with Gasteiger partial charge in [0.15, 0.2) is 9.84 Å². The van der Waals surface area contributed by atoms with Crippen molar-refractivity contribution >= 4 is 9.84 Å². The Hall–Kier alpha value is -0.130. The molecule has 0 radical (unpaired) electrons. The fourth-order valence-corrected chi connectivity index (χ4v) is 3.38. The number of rotatable bonds is 5. The van der Waals surface area contributed by atoms with E-state index in [9.17, 15) is 8.42 Å². The summed E-state index contributed by atoms with van der Waals surface area (Å²) in [7, 11) is -2.77. The van der Waals surface area contributed by atoms with Crippen molar-refractivity contribution in [1.82, 2.24) is 5.32 Å². The monoisotopic (exact) mass is 206 g/mol. The number of hydrogen-bond donors (Lipinski definition) is 2. The maximum absolute atomic E-state index is 11.4. The second-order valence-corrected chi connectivity index (χ2v) is 5.88. The zero-order valence-electron chi connectivity index (χ0n) is 7.83. The molecule has 0 amide bonds. The first-order valence-corrected chi connectivity index (χ1v) is 6.50. The molecule has 1 heterocycles. The van der Waals surface area contributed by atoms with Gasteiger partial charge in [-0.05, 0) is 32.4 Å². The van der Waals surface area contributed by atoms with Gasteiger partial charge < -0.3 is 11.1 Å². The summed E-state index contributed by atoms with van der Waals surface area (Å²) in [5.41, 5.74) is 5.32. The molecule has 0 aromatic rings. The van der Waals surface area contributed by atoms with Crippen LogP contribution in [-0.2, 0) is 9.84 Å². The van der Waals surface area contributed by atoms with Crippen molar-refractivity contribution in [3.05, 3.63) is 0 Å². The van der Waals surface area contributed by atoms with Gasteiger partial charge in [0, 0.05) is 6.54 Å². The predicted octanol–water partition coefficient (Wildman–Crippen LogP) is -0.498. The fourth-order valence-electron chi connectivity index (χ4n) is 1.58. The molecule has 1 fully saturated rings. The van der Waals surface area contributed by atoms with Crippen LogP contribution in [0.15, 0.2) is 0 Å². The molecule has 4 nitrogen and oxygen atoms in total. The van der Waals surface area contributed by atoms with Crippen molar-refractivity contribution in [3.63, 3.8) is 0 Å². The summed E-state index contributed by atoms with van der Waals surface area (Å²) in [6.07, 6.45) is 2.55. The van der Waals surface area contributed by atoms with Crippen LogP contribution in [0.2, 0.25) is 0 Å². The highest BCUT2D eigenvalue weighted by molar-refractivity contribution is 7.92. The molecular formula is C8H18N2O2S. The predicted molar refractivity (Wildman–Crippen MR) is 53.3 cm³/mol. The number of hydrogen-bond acceptors (Lipinski definition) is 4. The Morgan fingerprint density at radius 1 is 1.46 bits per heavy atom. The van der Waals surface area contributed by atoms with Crippen LogP contribution in [0.3, 0.4) is 0 Å². The third-order valence-electron chi connectivity index (χ3n) is 2.39. The molecule has 1 aliphatic rings. The van der Waals surface area contributed by atoms with Crippen molar-refractivity contribution in [1.29, 1.82) is 0 Å². The standard InChI is InChI=1S/C8H18N2O2S/c9-4-2-5-10-7-8-3-1-6-13(8,11)12/h8,10H,1-7,9H2. The molecule has 13 heavy (non-hydrogen) atoms. The van der Waals surface area contributed by atoms with E-state index in [1.807, 2.05) is 0 Å². The molecule has 5 heteroatoms. The van der Waals surface area contributed by atoms with Crippen LogP contribution < -0.4 is 11.1 Å². The lowest BCUT2D eigenvalue weighted by Gasteiger charge is -2.09. The Bertz CT molecular complexity index is 239. The Labute approximate surface area is 79.8 Å². The lowest BCUT2D eigenvalue weighted by Crippen LogP contribution is -2.31. The van der Waals surface area contributed by atoms with Gasteiger partial charge >= 0.3 is 0 Å². The highest BCUT2D eigenvalue weighted by atomic mass is 32.2. The number of nitrogens with one attached hydrogen (secondary N) is 1. The van der Waals surface area contributed by atoms with Gasteiger partial charge in [-0.25, -0.2) is 8.42 Å². The lowest BCUT2D eigenvalue weighted by molar-refractivity contribution is 0.571. The smallest absolute Gasteiger partial charge is 0.154 e. The van der Waals surface area contributed by atoms with Gasteiger partial charge in [-0.3, -0.25) is 0 Å². The Morgan fingerprint density at radius 3 is 2.77 bits per heavy atom. The minimum Gasteiger partial charge on any atom is -0.330 e. The van der Waals surface area contributed by atoms with Crippen molar-refractivity contribution in [2.75, 3.05) is 25.4 Å². The molecule has 1 saturated heterocycles. The molecule has 1 aliphatic heterocycles. The van der Waals surface area contributed by atoms with E-state index >= 15 is 0 Å². The van der Waals surface area contributed by atoms with E-state index in [4.69, 9.17) is 5.73 Å². The van der Waals surface area contributed by atoms with Crippen molar-refractivity contribution in [2.45, 2.75) is 24.5 Å². The van der Waals surface area contributed by atoms with Crippen molar-refractivity contribution in [2.24, 2.45) is 5.73 Å². The van der Waals surface area contributed by atoms with Crippen LogP contribution in [-0.4, -0.2) is 39.1 Å². The minimum atomic E-state index is -2.77.